The highest BCUT2D eigenvalue weighted by Gasteiger charge is 2.43. The Morgan fingerprint density at radius 1 is 1.00 bits per heavy atom. The third-order valence-electron chi connectivity index (χ3n) is 6.06. The molecule has 1 fully saturated rings. The fourth-order valence-corrected chi connectivity index (χ4v) is 5.87. The minimum absolute atomic E-state index is 0.262. The lowest BCUT2D eigenvalue weighted by molar-refractivity contribution is 0.105. The van der Waals surface area contributed by atoms with Crippen LogP contribution in [0.2, 0.25) is 0 Å². The van der Waals surface area contributed by atoms with E-state index in [0.717, 1.165) is 11.6 Å². The minimum atomic E-state index is 0.262. The maximum absolute atomic E-state index is 5.17. The molecule has 0 unspecified atom stereocenters. The van der Waals surface area contributed by atoms with Crippen molar-refractivity contribution in [1.82, 2.24) is 4.98 Å². The molecule has 1 aliphatic carbocycles. The number of nitrogens with zero attached hydrogens (tertiary/aromatic N) is 1. The molecule has 1 aromatic heterocycles. The first-order chi connectivity index (χ1) is 12.1. The second-order valence-electron chi connectivity index (χ2n) is 10.6. The minimum Gasteiger partial charge on any atom is -0.241 e. The summed E-state index contributed by atoms with van der Waals surface area (Å²) in [5.74, 6) is 0.837. The van der Waals surface area contributed by atoms with E-state index in [2.05, 4.69) is 77.3 Å². The van der Waals surface area contributed by atoms with Crippen molar-refractivity contribution in [3.63, 3.8) is 0 Å². The molecule has 26 heavy (non-hydrogen) atoms. The predicted molar refractivity (Wildman–Crippen MR) is 115 cm³/mol. The first kappa shape index (κ1) is 19.6. The second-order valence-corrected chi connectivity index (χ2v) is 11.4. The highest BCUT2D eigenvalue weighted by molar-refractivity contribution is 7.10. The van der Waals surface area contributed by atoms with Gasteiger partial charge in [0.05, 0.1) is 10.7 Å². The summed E-state index contributed by atoms with van der Waals surface area (Å²) in [6.07, 6.45) is 6.47. The number of thiazole rings is 1. The van der Waals surface area contributed by atoms with Crippen molar-refractivity contribution in [3.8, 4) is 11.3 Å². The molecule has 1 aromatic carbocycles. The van der Waals surface area contributed by atoms with Crippen LogP contribution in [0.5, 0.6) is 0 Å². The molecule has 1 saturated carbocycles. The fraction of sp³-hybridized carbons (Fsp3) is 0.625. The summed E-state index contributed by atoms with van der Waals surface area (Å²) < 4.78 is 0. The smallest absolute Gasteiger partial charge is 0.0994 e. The quantitative estimate of drug-likeness (QED) is 0.539. The normalized spacial score (nSPS) is 24.6. The topological polar surface area (TPSA) is 12.9 Å². The lowest BCUT2D eigenvalue weighted by atomic mass is 9.60. The van der Waals surface area contributed by atoms with Gasteiger partial charge in [0.1, 0.15) is 0 Å². The number of hydrogen-bond acceptors (Lipinski definition) is 2. The molecule has 1 aliphatic rings. The van der Waals surface area contributed by atoms with Gasteiger partial charge in [0.2, 0.25) is 0 Å². The summed E-state index contributed by atoms with van der Waals surface area (Å²) in [5.41, 5.74) is 3.40. The van der Waals surface area contributed by atoms with Crippen molar-refractivity contribution in [2.45, 2.75) is 79.1 Å². The van der Waals surface area contributed by atoms with E-state index < -0.39 is 0 Å². The van der Waals surface area contributed by atoms with Crippen molar-refractivity contribution in [2.24, 2.45) is 16.7 Å². The number of rotatable bonds is 3. The monoisotopic (exact) mass is 369 g/mol. The molecule has 0 N–H and O–H groups in total. The zero-order valence-corrected chi connectivity index (χ0v) is 18.2. The summed E-state index contributed by atoms with van der Waals surface area (Å²) in [6.45, 7) is 14.4. The fourth-order valence-electron chi connectivity index (χ4n) is 4.78. The van der Waals surface area contributed by atoms with E-state index in [-0.39, 0.29) is 5.41 Å². The van der Waals surface area contributed by atoms with Gasteiger partial charge in [0.25, 0.3) is 0 Å². The van der Waals surface area contributed by atoms with Crippen LogP contribution in [0.15, 0.2) is 35.7 Å². The van der Waals surface area contributed by atoms with Gasteiger partial charge in [-0.2, -0.15) is 0 Å². The lowest BCUT2D eigenvalue weighted by Gasteiger charge is -2.45. The van der Waals surface area contributed by atoms with E-state index >= 15 is 0 Å². The number of aromatic nitrogens is 1. The van der Waals surface area contributed by atoms with Crippen LogP contribution in [0.1, 0.15) is 78.7 Å². The second kappa shape index (κ2) is 7.11. The van der Waals surface area contributed by atoms with Crippen molar-refractivity contribution in [1.29, 1.82) is 0 Å². The van der Waals surface area contributed by atoms with Crippen molar-refractivity contribution < 1.29 is 0 Å². The van der Waals surface area contributed by atoms with E-state index in [4.69, 9.17) is 4.98 Å². The van der Waals surface area contributed by atoms with E-state index in [1.54, 1.807) is 0 Å². The average molecular weight is 370 g/mol. The van der Waals surface area contributed by atoms with Gasteiger partial charge < -0.3 is 0 Å². The maximum atomic E-state index is 5.17. The van der Waals surface area contributed by atoms with Crippen LogP contribution in [0.4, 0.5) is 0 Å². The molecule has 0 aliphatic heterocycles. The molecule has 0 saturated heterocycles. The van der Waals surface area contributed by atoms with Gasteiger partial charge in [-0.1, -0.05) is 71.9 Å². The van der Waals surface area contributed by atoms with Gasteiger partial charge in [-0.25, -0.2) is 4.98 Å². The zero-order chi connectivity index (χ0) is 19.0. The van der Waals surface area contributed by atoms with Gasteiger partial charge in [-0.05, 0) is 48.9 Å². The Kier molecular flexibility index (Phi) is 5.36. The van der Waals surface area contributed by atoms with E-state index in [1.807, 2.05) is 11.3 Å². The molecular weight excluding hydrogens is 334 g/mol. The Hall–Kier alpha value is -1.15. The van der Waals surface area contributed by atoms with Crippen LogP contribution >= 0.6 is 11.3 Å². The third-order valence-corrected chi connectivity index (χ3v) is 7.15. The Morgan fingerprint density at radius 2 is 1.62 bits per heavy atom. The summed E-state index contributed by atoms with van der Waals surface area (Å²) in [4.78, 5) is 5.17. The summed E-state index contributed by atoms with van der Waals surface area (Å²) in [6, 6.07) is 10.6. The molecule has 0 bridgehead atoms. The molecule has 2 aromatic rings. The third kappa shape index (κ3) is 4.39. The Balaban J connectivity index is 1.90. The number of benzene rings is 1. The van der Waals surface area contributed by atoms with Crippen LogP contribution in [0, 0.1) is 16.7 Å². The molecule has 0 amide bonds. The Morgan fingerprint density at radius 3 is 2.15 bits per heavy atom. The van der Waals surface area contributed by atoms with Crippen LogP contribution in [-0.2, 0) is 5.41 Å². The summed E-state index contributed by atoms with van der Waals surface area (Å²) >= 11 is 1.89. The van der Waals surface area contributed by atoms with Gasteiger partial charge in [0, 0.05) is 16.4 Å². The largest absolute Gasteiger partial charge is 0.241 e. The molecule has 2 heteroatoms. The van der Waals surface area contributed by atoms with E-state index in [1.165, 1.54) is 42.7 Å². The molecular formula is C24H35NS. The van der Waals surface area contributed by atoms with Crippen LogP contribution in [0.25, 0.3) is 11.3 Å². The summed E-state index contributed by atoms with van der Waals surface area (Å²) in [7, 11) is 0. The van der Waals surface area contributed by atoms with Crippen molar-refractivity contribution >= 4 is 11.3 Å². The zero-order valence-electron chi connectivity index (χ0n) is 17.4. The first-order valence-corrected chi connectivity index (χ1v) is 11.0. The molecule has 3 rings (SSSR count). The highest BCUT2D eigenvalue weighted by atomic mass is 32.1. The van der Waals surface area contributed by atoms with Crippen molar-refractivity contribution in [3.05, 3.63) is 40.7 Å². The van der Waals surface area contributed by atoms with Crippen LogP contribution in [0.3, 0.4) is 0 Å². The maximum Gasteiger partial charge on any atom is 0.0994 e. The highest BCUT2D eigenvalue weighted by Crippen LogP contribution is 2.52. The van der Waals surface area contributed by atoms with Gasteiger partial charge in [-0.15, -0.1) is 11.3 Å². The van der Waals surface area contributed by atoms with E-state index in [0.29, 0.717) is 10.8 Å². The summed E-state index contributed by atoms with van der Waals surface area (Å²) in [5, 5.41) is 3.64. The lowest BCUT2D eigenvalue weighted by Crippen LogP contribution is -2.38. The van der Waals surface area contributed by atoms with Crippen LogP contribution < -0.4 is 0 Å². The SMILES string of the molecule is CC(C)(C)CC1(c2nc(-c3ccccc3)cs2)CCC(C(C)(C)C)CC1. The first-order valence-electron chi connectivity index (χ1n) is 10.1. The number of hydrogen-bond donors (Lipinski definition) is 0. The Bertz CT molecular complexity index is 707. The van der Waals surface area contributed by atoms with Gasteiger partial charge >= 0.3 is 0 Å². The standard InChI is InChI=1S/C24H35NS/c1-22(2,3)17-24(14-12-19(13-15-24)23(4,5)6)21-25-20(16-26-21)18-10-8-7-9-11-18/h7-11,16,19H,12-15,17H2,1-6H3. The van der Waals surface area contributed by atoms with Gasteiger partial charge in [0.15, 0.2) is 0 Å². The molecule has 0 radical (unpaired) electrons. The van der Waals surface area contributed by atoms with E-state index in [9.17, 15) is 0 Å². The molecule has 0 atom stereocenters. The Labute approximate surface area is 164 Å². The van der Waals surface area contributed by atoms with Gasteiger partial charge in [-0.3, -0.25) is 0 Å². The molecule has 1 heterocycles. The predicted octanol–water partition coefficient (Wildman–Crippen LogP) is 7.72. The molecule has 0 spiro atoms. The molecule has 142 valence electrons. The average Bonchev–Trinajstić information content (AvgIpc) is 3.04. The molecule has 1 nitrogen and oxygen atoms in total. The van der Waals surface area contributed by atoms with Crippen LogP contribution in [-0.4, -0.2) is 4.98 Å². The van der Waals surface area contributed by atoms with Crippen molar-refractivity contribution in [2.75, 3.05) is 0 Å².